The minimum Gasteiger partial charge on any atom is -0.316 e. The summed E-state index contributed by atoms with van der Waals surface area (Å²) in [6.07, 6.45) is 4.62. The van der Waals surface area contributed by atoms with Gasteiger partial charge in [0.15, 0.2) is 9.84 Å². The average Bonchev–Trinajstić information content (AvgIpc) is 2.64. The summed E-state index contributed by atoms with van der Waals surface area (Å²) < 4.78 is 38.2. The lowest BCUT2D eigenvalue weighted by Gasteiger charge is -2.24. The Hall–Kier alpha value is -0.940. The lowest BCUT2D eigenvalue weighted by Crippen LogP contribution is -2.41. The molecule has 1 N–H and O–H groups in total. The second kappa shape index (κ2) is 6.01. The van der Waals surface area contributed by atoms with Crippen LogP contribution in [0.4, 0.5) is 4.39 Å². The van der Waals surface area contributed by atoms with Crippen molar-refractivity contribution >= 4 is 9.84 Å². The number of halogens is 1. The number of nitrogens with one attached hydrogen (secondary N) is 1. The third-order valence-corrected chi connectivity index (χ3v) is 6.15. The Morgan fingerprint density at radius 1 is 1.11 bits per heavy atom. The molecule has 0 aromatic heterocycles. The van der Waals surface area contributed by atoms with Crippen molar-refractivity contribution in [2.24, 2.45) is 0 Å². The van der Waals surface area contributed by atoms with Crippen molar-refractivity contribution in [3.63, 3.8) is 0 Å². The van der Waals surface area contributed by atoms with Gasteiger partial charge in [-0.3, -0.25) is 0 Å². The van der Waals surface area contributed by atoms with E-state index >= 15 is 0 Å². The number of benzene rings is 1. The van der Waals surface area contributed by atoms with Gasteiger partial charge in [-0.2, -0.15) is 0 Å². The second-order valence-electron chi connectivity index (χ2n) is 5.07. The third-order valence-electron chi connectivity index (χ3n) is 3.86. The Morgan fingerprint density at radius 2 is 1.74 bits per heavy atom. The summed E-state index contributed by atoms with van der Waals surface area (Å²) in [4.78, 5) is 0.223. The normalized spacial score (nSPS) is 24.9. The van der Waals surface area contributed by atoms with Crippen LogP contribution in [0, 0.1) is 5.82 Å². The highest BCUT2D eigenvalue weighted by molar-refractivity contribution is 7.92. The van der Waals surface area contributed by atoms with E-state index in [1.165, 1.54) is 24.3 Å². The summed E-state index contributed by atoms with van der Waals surface area (Å²) in [5.74, 6) is -0.412. The fourth-order valence-electron chi connectivity index (χ4n) is 2.77. The Labute approximate surface area is 114 Å². The maximum atomic E-state index is 12.9. The van der Waals surface area contributed by atoms with E-state index in [4.69, 9.17) is 0 Å². The van der Waals surface area contributed by atoms with Gasteiger partial charge in [-0.15, -0.1) is 0 Å². The molecular weight excluding hydrogens is 265 g/mol. The molecular formula is C14H20FNO2S. The molecule has 0 aliphatic heterocycles. The summed E-state index contributed by atoms with van der Waals surface area (Å²) in [7, 11) is -1.58. The quantitative estimate of drug-likeness (QED) is 0.685. The zero-order valence-corrected chi connectivity index (χ0v) is 11.9. The molecule has 5 heteroatoms. The Morgan fingerprint density at radius 3 is 2.37 bits per heavy atom. The van der Waals surface area contributed by atoms with E-state index in [1.54, 1.807) is 0 Å². The Kier molecular flexibility index (Phi) is 4.58. The molecule has 0 saturated heterocycles. The van der Waals surface area contributed by atoms with Crippen molar-refractivity contribution in [1.82, 2.24) is 5.32 Å². The highest BCUT2D eigenvalue weighted by atomic mass is 32.2. The van der Waals surface area contributed by atoms with Crippen LogP contribution in [0.3, 0.4) is 0 Å². The molecule has 2 rings (SSSR count). The van der Waals surface area contributed by atoms with Crippen LogP contribution < -0.4 is 5.32 Å². The van der Waals surface area contributed by atoms with Crippen molar-refractivity contribution in [3.8, 4) is 0 Å². The van der Waals surface area contributed by atoms with E-state index in [-0.39, 0.29) is 10.9 Å². The fraction of sp³-hybridized carbons (Fsp3) is 0.571. The molecule has 0 amide bonds. The molecule has 0 heterocycles. The average molecular weight is 285 g/mol. The van der Waals surface area contributed by atoms with Gasteiger partial charge in [0, 0.05) is 6.04 Å². The standard InChI is InChI=1S/C14H20FNO2S/c1-16-13-5-3-2-4-6-14(13)19(17,18)12-9-7-11(15)8-10-12/h7-10,13-14,16H,2-6H2,1H3. The predicted molar refractivity (Wildman–Crippen MR) is 73.3 cm³/mol. The Bertz CT molecular complexity index is 513. The smallest absolute Gasteiger partial charge is 0.182 e. The van der Waals surface area contributed by atoms with Crippen molar-refractivity contribution < 1.29 is 12.8 Å². The topological polar surface area (TPSA) is 46.2 Å². The monoisotopic (exact) mass is 285 g/mol. The highest BCUT2D eigenvalue weighted by Crippen LogP contribution is 2.28. The molecule has 1 saturated carbocycles. The van der Waals surface area contributed by atoms with Gasteiger partial charge < -0.3 is 5.32 Å². The molecule has 19 heavy (non-hydrogen) atoms. The van der Waals surface area contributed by atoms with Gasteiger partial charge in [-0.05, 0) is 44.2 Å². The molecule has 1 aliphatic carbocycles. The molecule has 2 atom stereocenters. The molecule has 1 aromatic carbocycles. The van der Waals surface area contributed by atoms with Gasteiger partial charge in [0.2, 0.25) is 0 Å². The van der Waals surface area contributed by atoms with Crippen molar-refractivity contribution in [3.05, 3.63) is 30.1 Å². The van der Waals surface area contributed by atoms with E-state index in [0.717, 1.165) is 25.7 Å². The maximum absolute atomic E-state index is 12.9. The summed E-state index contributed by atoms with van der Waals surface area (Å²) in [5.41, 5.74) is 0. The van der Waals surface area contributed by atoms with Crippen LogP contribution in [0.25, 0.3) is 0 Å². The molecule has 1 fully saturated rings. The van der Waals surface area contributed by atoms with Gasteiger partial charge in [-0.1, -0.05) is 19.3 Å². The second-order valence-corrected chi connectivity index (χ2v) is 7.24. The van der Waals surface area contributed by atoms with Crippen molar-refractivity contribution in [2.75, 3.05) is 7.05 Å². The maximum Gasteiger partial charge on any atom is 0.182 e. The molecule has 1 aromatic rings. The fourth-order valence-corrected chi connectivity index (χ4v) is 4.82. The molecule has 0 bridgehead atoms. The summed E-state index contributed by atoms with van der Waals surface area (Å²) in [5, 5.41) is 2.72. The molecule has 0 radical (unpaired) electrons. The van der Waals surface area contributed by atoms with Gasteiger partial charge in [-0.25, -0.2) is 12.8 Å². The van der Waals surface area contributed by atoms with Crippen molar-refractivity contribution in [1.29, 1.82) is 0 Å². The van der Waals surface area contributed by atoms with E-state index in [2.05, 4.69) is 5.32 Å². The molecule has 0 spiro atoms. The lowest BCUT2D eigenvalue weighted by atomic mass is 10.1. The number of sulfone groups is 1. The SMILES string of the molecule is CNC1CCCCCC1S(=O)(=O)c1ccc(F)cc1. The largest absolute Gasteiger partial charge is 0.316 e. The first-order valence-electron chi connectivity index (χ1n) is 6.72. The van der Waals surface area contributed by atoms with E-state index in [1.807, 2.05) is 7.05 Å². The minimum absolute atomic E-state index is 0.0162. The van der Waals surface area contributed by atoms with Crippen LogP contribution in [-0.2, 0) is 9.84 Å². The number of hydrogen-bond acceptors (Lipinski definition) is 3. The molecule has 1 aliphatic rings. The summed E-state index contributed by atoms with van der Waals surface area (Å²) in [6, 6.07) is 5.12. The Balaban J connectivity index is 2.33. The van der Waals surface area contributed by atoms with Crippen LogP contribution in [0.5, 0.6) is 0 Å². The zero-order chi connectivity index (χ0) is 13.9. The van der Waals surface area contributed by atoms with Crippen LogP contribution >= 0.6 is 0 Å². The first-order chi connectivity index (χ1) is 9.05. The highest BCUT2D eigenvalue weighted by Gasteiger charge is 2.34. The summed E-state index contributed by atoms with van der Waals surface area (Å²) >= 11 is 0. The van der Waals surface area contributed by atoms with Gasteiger partial charge in [0.1, 0.15) is 5.82 Å². The first-order valence-corrected chi connectivity index (χ1v) is 8.27. The van der Waals surface area contributed by atoms with Gasteiger partial charge in [0.05, 0.1) is 10.1 Å². The van der Waals surface area contributed by atoms with Crippen LogP contribution in [0.1, 0.15) is 32.1 Å². The molecule has 2 unspecified atom stereocenters. The molecule has 106 valence electrons. The van der Waals surface area contributed by atoms with Crippen molar-refractivity contribution in [2.45, 2.75) is 48.3 Å². The van der Waals surface area contributed by atoms with Gasteiger partial charge in [0.25, 0.3) is 0 Å². The first kappa shape index (κ1) is 14.5. The van der Waals surface area contributed by atoms with Crippen LogP contribution in [0.15, 0.2) is 29.2 Å². The van der Waals surface area contributed by atoms with Crippen LogP contribution in [-0.4, -0.2) is 26.8 Å². The minimum atomic E-state index is -3.39. The van der Waals surface area contributed by atoms with E-state index < -0.39 is 20.9 Å². The number of hydrogen-bond donors (Lipinski definition) is 1. The predicted octanol–water partition coefficient (Wildman–Crippen LogP) is 2.52. The third kappa shape index (κ3) is 3.15. The molecule has 3 nitrogen and oxygen atoms in total. The summed E-state index contributed by atoms with van der Waals surface area (Å²) in [6.45, 7) is 0. The zero-order valence-electron chi connectivity index (χ0n) is 11.1. The van der Waals surface area contributed by atoms with Gasteiger partial charge >= 0.3 is 0 Å². The van der Waals surface area contributed by atoms with E-state index in [9.17, 15) is 12.8 Å². The lowest BCUT2D eigenvalue weighted by molar-refractivity contribution is 0.480. The number of rotatable bonds is 3. The van der Waals surface area contributed by atoms with E-state index in [0.29, 0.717) is 6.42 Å². The van der Waals surface area contributed by atoms with Crippen LogP contribution in [0.2, 0.25) is 0 Å².